The number of carbonyl (C=O) groups is 1. The first-order valence-electron chi connectivity index (χ1n) is 9.36. The molecule has 2 aromatic heterocycles. The third-order valence-corrected chi connectivity index (χ3v) is 4.68. The Morgan fingerprint density at radius 2 is 1.80 bits per heavy atom. The van der Waals surface area contributed by atoms with Crippen molar-refractivity contribution in [2.45, 2.75) is 20.0 Å². The second-order valence-electron chi connectivity index (χ2n) is 6.91. The van der Waals surface area contributed by atoms with Gasteiger partial charge in [0.1, 0.15) is 11.6 Å². The lowest BCUT2D eigenvalue weighted by Crippen LogP contribution is -2.25. The Labute approximate surface area is 171 Å². The lowest BCUT2D eigenvalue weighted by Gasteiger charge is -2.10. The third kappa shape index (κ3) is 4.12. The van der Waals surface area contributed by atoms with Crippen LogP contribution in [-0.4, -0.2) is 25.5 Å². The van der Waals surface area contributed by atoms with E-state index in [1.807, 2.05) is 43.3 Å². The Kier molecular flexibility index (Phi) is 5.38. The molecule has 0 saturated carbocycles. The van der Waals surface area contributed by atoms with E-state index < -0.39 is 17.5 Å². The molecule has 4 rings (SSSR count). The van der Waals surface area contributed by atoms with Gasteiger partial charge in [0.15, 0.2) is 11.5 Å². The molecule has 0 spiro atoms. The molecular formula is C22H19F2N5O. The lowest BCUT2D eigenvalue weighted by atomic mass is 10.1. The van der Waals surface area contributed by atoms with Crippen LogP contribution in [0.5, 0.6) is 0 Å². The summed E-state index contributed by atoms with van der Waals surface area (Å²) in [6, 6.07) is 14.9. The van der Waals surface area contributed by atoms with E-state index in [0.29, 0.717) is 12.4 Å². The Hall–Kier alpha value is -3.81. The van der Waals surface area contributed by atoms with Crippen molar-refractivity contribution in [3.05, 3.63) is 101 Å². The zero-order valence-corrected chi connectivity index (χ0v) is 16.2. The van der Waals surface area contributed by atoms with Gasteiger partial charge in [-0.15, -0.1) is 5.10 Å². The van der Waals surface area contributed by atoms with Crippen molar-refractivity contribution in [1.29, 1.82) is 0 Å². The van der Waals surface area contributed by atoms with E-state index in [1.165, 1.54) is 6.07 Å². The molecule has 0 aliphatic rings. The van der Waals surface area contributed by atoms with Gasteiger partial charge in [-0.3, -0.25) is 4.79 Å². The van der Waals surface area contributed by atoms with Crippen molar-refractivity contribution in [3.63, 3.8) is 0 Å². The molecule has 8 heteroatoms. The van der Waals surface area contributed by atoms with E-state index in [9.17, 15) is 13.6 Å². The molecule has 0 bridgehead atoms. The Bertz CT molecular complexity index is 1170. The number of nitrogens with zero attached hydrogens (tertiary/aromatic N) is 4. The van der Waals surface area contributed by atoms with Crippen LogP contribution in [0.3, 0.4) is 0 Å². The van der Waals surface area contributed by atoms with Gasteiger partial charge in [0.05, 0.1) is 6.54 Å². The fourth-order valence-electron chi connectivity index (χ4n) is 3.08. The van der Waals surface area contributed by atoms with Crippen LogP contribution in [0.15, 0.2) is 67.0 Å². The molecule has 0 aliphatic carbocycles. The highest BCUT2D eigenvalue weighted by atomic mass is 19.1. The van der Waals surface area contributed by atoms with Crippen molar-refractivity contribution in [2.24, 2.45) is 0 Å². The normalized spacial score (nSPS) is 10.9. The molecule has 4 aromatic rings. The molecule has 0 aliphatic heterocycles. The molecule has 6 nitrogen and oxygen atoms in total. The van der Waals surface area contributed by atoms with E-state index in [-0.39, 0.29) is 17.8 Å². The van der Waals surface area contributed by atoms with Gasteiger partial charge in [0.2, 0.25) is 0 Å². The lowest BCUT2D eigenvalue weighted by molar-refractivity contribution is 0.0945. The zero-order valence-electron chi connectivity index (χ0n) is 16.2. The molecule has 0 unspecified atom stereocenters. The van der Waals surface area contributed by atoms with E-state index in [0.717, 1.165) is 23.3 Å². The highest BCUT2D eigenvalue weighted by Crippen LogP contribution is 2.16. The average Bonchev–Trinajstić information content (AvgIpc) is 3.38. The molecule has 30 heavy (non-hydrogen) atoms. The Morgan fingerprint density at radius 3 is 2.50 bits per heavy atom. The van der Waals surface area contributed by atoms with Gasteiger partial charge in [0, 0.05) is 30.6 Å². The first-order valence-corrected chi connectivity index (χ1v) is 9.36. The predicted octanol–water partition coefficient (Wildman–Crippen LogP) is 3.63. The van der Waals surface area contributed by atoms with Gasteiger partial charge in [-0.05, 0) is 30.7 Å². The molecule has 0 fully saturated rings. The minimum atomic E-state index is -0.719. The number of carbonyl (C=O) groups excluding carboxylic acids is 1. The zero-order chi connectivity index (χ0) is 21.1. The number of hydrogen-bond donors (Lipinski definition) is 1. The van der Waals surface area contributed by atoms with Crippen LogP contribution in [0, 0.1) is 18.6 Å². The number of aromatic nitrogens is 4. The van der Waals surface area contributed by atoms with Crippen molar-refractivity contribution >= 4 is 5.91 Å². The predicted molar refractivity (Wildman–Crippen MR) is 107 cm³/mol. The fourth-order valence-corrected chi connectivity index (χ4v) is 3.08. The number of benzene rings is 2. The van der Waals surface area contributed by atoms with Crippen LogP contribution in [0.25, 0.3) is 5.82 Å². The minimum Gasteiger partial charge on any atom is -0.346 e. The van der Waals surface area contributed by atoms with Gasteiger partial charge >= 0.3 is 0 Å². The van der Waals surface area contributed by atoms with Gasteiger partial charge in [0.25, 0.3) is 5.91 Å². The SMILES string of the molecule is Cc1ccc(Cn2nnc(C(=O)NCc3ccc(F)cc3F)c2-n2cccc2)cc1. The molecule has 2 heterocycles. The van der Waals surface area contributed by atoms with Gasteiger partial charge in [-0.1, -0.05) is 41.1 Å². The molecule has 1 N–H and O–H groups in total. The first-order chi connectivity index (χ1) is 14.5. The van der Waals surface area contributed by atoms with E-state index >= 15 is 0 Å². The summed E-state index contributed by atoms with van der Waals surface area (Å²) in [7, 11) is 0. The standard InChI is InChI=1S/C22H19F2N5O/c1-15-4-6-16(7-5-15)14-29-22(28-10-2-3-11-28)20(26-27-29)21(30)25-13-17-8-9-18(23)12-19(17)24/h2-12H,13-14H2,1H3,(H,25,30). The van der Waals surface area contributed by atoms with Crippen LogP contribution in [0.2, 0.25) is 0 Å². The van der Waals surface area contributed by atoms with E-state index in [1.54, 1.807) is 21.6 Å². The topological polar surface area (TPSA) is 64.7 Å². The highest BCUT2D eigenvalue weighted by molar-refractivity contribution is 5.95. The van der Waals surface area contributed by atoms with Gasteiger partial charge < -0.3 is 9.88 Å². The molecule has 1 amide bonds. The van der Waals surface area contributed by atoms with Gasteiger partial charge in [-0.2, -0.15) is 0 Å². The van der Waals surface area contributed by atoms with Crippen LogP contribution in [0.1, 0.15) is 27.2 Å². The summed E-state index contributed by atoms with van der Waals surface area (Å²) in [5.41, 5.74) is 2.45. The largest absolute Gasteiger partial charge is 0.346 e. The molecule has 0 radical (unpaired) electrons. The quantitative estimate of drug-likeness (QED) is 0.531. The van der Waals surface area contributed by atoms with Crippen LogP contribution >= 0.6 is 0 Å². The maximum Gasteiger partial charge on any atom is 0.276 e. The summed E-state index contributed by atoms with van der Waals surface area (Å²) >= 11 is 0. The van der Waals surface area contributed by atoms with Crippen molar-refractivity contribution in [2.75, 3.05) is 0 Å². The monoisotopic (exact) mass is 407 g/mol. The summed E-state index contributed by atoms with van der Waals surface area (Å²) in [4.78, 5) is 12.8. The number of nitrogens with one attached hydrogen (secondary N) is 1. The maximum atomic E-state index is 13.9. The van der Waals surface area contributed by atoms with Crippen molar-refractivity contribution in [3.8, 4) is 5.82 Å². The van der Waals surface area contributed by atoms with Crippen LogP contribution < -0.4 is 5.32 Å². The summed E-state index contributed by atoms with van der Waals surface area (Å²) in [6.07, 6.45) is 3.58. The van der Waals surface area contributed by atoms with E-state index in [4.69, 9.17) is 0 Å². The summed E-state index contributed by atoms with van der Waals surface area (Å²) in [6.45, 7) is 2.35. The highest BCUT2D eigenvalue weighted by Gasteiger charge is 2.21. The van der Waals surface area contributed by atoms with Crippen molar-refractivity contribution in [1.82, 2.24) is 24.9 Å². The number of amides is 1. The second-order valence-corrected chi connectivity index (χ2v) is 6.91. The molecule has 152 valence electrons. The Morgan fingerprint density at radius 1 is 1.07 bits per heavy atom. The maximum absolute atomic E-state index is 13.9. The smallest absolute Gasteiger partial charge is 0.276 e. The average molecular weight is 407 g/mol. The minimum absolute atomic E-state index is 0.0963. The number of rotatable bonds is 6. The second kappa shape index (κ2) is 8.28. The van der Waals surface area contributed by atoms with Crippen LogP contribution in [-0.2, 0) is 13.1 Å². The third-order valence-electron chi connectivity index (χ3n) is 4.68. The number of aryl methyl sites for hydroxylation is 1. The van der Waals surface area contributed by atoms with Crippen LogP contribution in [0.4, 0.5) is 8.78 Å². The molecule has 2 aromatic carbocycles. The summed E-state index contributed by atoms with van der Waals surface area (Å²) in [5.74, 6) is -1.39. The summed E-state index contributed by atoms with van der Waals surface area (Å²) in [5, 5.41) is 10.8. The first kappa shape index (κ1) is 19.5. The molecule has 0 atom stereocenters. The molecule has 0 saturated heterocycles. The Balaban J connectivity index is 1.60. The summed E-state index contributed by atoms with van der Waals surface area (Å²) < 4.78 is 30.3. The van der Waals surface area contributed by atoms with Gasteiger partial charge in [-0.25, -0.2) is 13.5 Å². The van der Waals surface area contributed by atoms with Crippen molar-refractivity contribution < 1.29 is 13.6 Å². The number of hydrogen-bond acceptors (Lipinski definition) is 3. The van der Waals surface area contributed by atoms with E-state index in [2.05, 4.69) is 15.6 Å². The molecular weight excluding hydrogens is 388 g/mol. The fraction of sp³-hybridized carbons (Fsp3) is 0.136. The number of halogens is 2.